The largest absolute Gasteiger partial charge is 0.379 e. The summed E-state index contributed by atoms with van der Waals surface area (Å²) in [5.74, 6) is 0.487. The number of aromatic nitrogens is 3. The third-order valence-corrected chi connectivity index (χ3v) is 12.7. The fourth-order valence-corrected chi connectivity index (χ4v) is 6.79. The van der Waals surface area contributed by atoms with Crippen molar-refractivity contribution in [1.29, 1.82) is 0 Å². The summed E-state index contributed by atoms with van der Waals surface area (Å²) in [6.45, 7) is 12.2. The van der Waals surface area contributed by atoms with E-state index in [4.69, 9.17) is 35.3 Å². The molecule has 1 unspecified atom stereocenters. The van der Waals surface area contributed by atoms with Gasteiger partial charge < -0.3 is 29.0 Å². The van der Waals surface area contributed by atoms with Gasteiger partial charge in [0.2, 0.25) is 26.0 Å². The lowest BCUT2D eigenvalue weighted by Gasteiger charge is -2.20. The number of carbonyl (C=O) groups excluding carboxylic acids is 1. The molecule has 57 heavy (non-hydrogen) atoms. The monoisotopic (exact) mass is 866 g/mol. The van der Waals surface area contributed by atoms with Gasteiger partial charge in [0.15, 0.2) is 0 Å². The van der Waals surface area contributed by atoms with Gasteiger partial charge in [0.25, 0.3) is 0 Å². The van der Waals surface area contributed by atoms with Crippen LogP contribution in [0.3, 0.4) is 0 Å². The van der Waals surface area contributed by atoms with Crippen molar-refractivity contribution in [1.82, 2.24) is 29.8 Å². The quantitative estimate of drug-likeness (QED) is 0.0667. The fourth-order valence-electron chi connectivity index (χ4n) is 5.12. The zero-order valence-electron chi connectivity index (χ0n) is 34.3. The van der Waals surface area contributed by atoms with Crippen LogP contribution in [0.1, 0.15) is 89.0 Å². The number of sulfonamides is 2. The summed E-state index contributed by atoms with van der Waals surface area (Å²) >= 11 is 5.66. The minimum Gasteiger partial charge on any atom is -0.379 e. The summed E-state index contributed by atoms with van der Waals surface area (Å²) in [6, 6.07) is 7.78. The maximum absolute atomic E-state index is 12.5. The Balaban J connectivity index is 1.58. The van der Waals surface area contributed by atoms with Crippen molar-refractivity contribution in [2.45, 2.75) is 102 Å². The lowest BCUT2D eigenvalue weighted by atomic mass is 9.95. The fraction of sp³-hybridized carbons (Fsp3) is 0.763. The van der Waals surface area contributed by atoms with Crippen LogP contribution in [0.25, 0.3) is 0 Å². The molecule has 0 radical (unpaired) electrons. The van der Waals surface area contributed by atoms with Gasteiger partial charge in [-0.3, -0.25) is 4.79 Å². The van der Waals surface area contributed by atoms with Gasteiger partial charge >= 0.3 is 0 Å². The van der Waals surface area contributed by atoms with E-state index in [0.717, 1.165) is 43.4 Å². The van der Waals surface area contributed by atoms with E-state index in [1.807, 2.05) is 24.3 Å². The summed E-state index contributed by atoms with van der Waals surface area (Å²) in [5, 5.41) is 9.99. The molecule has 16 nitrogen and oxygen atoms in total. The number of nitrogens with zero attached hydrogens (tertiary/aromatic N) is 3. The van der Waals surface area contributed by atoms with Crippen molar-refractivity contribution in [3.63, 3.8) is 0 Å². The smallest absolute Gasteiger partial charge is 0.222 e. The molecule has 1 aromatic carbocycles. The van der Waals surface area contributed by atoms with Crippen molar-refractivity contribution >= 4 is 37.6 Å². The van der Waals surface area contributed by atoms with Crippen molar-refractivity contribution in [3.8, 4) is 0 Å². The molecular weight excluding hydrogens is 800 g/mol. The summed E-state index contributed by atoms with van der Waals surface area (Å²) in [4.78, 5) is 12.0. The van der Waals surface area contributed by atoms with Crippen LogP contribution >= 0.6 is 11.6 Å². The molecule has 0 saturated heterocycles. The number of halogens is 1. The van der Waals surface area contributed by atoms with Gasteiger partial charge in [-0.1, -0.05) is 42.3 Å². The summed E-state index contributed by atoms with van der Waals surface area (Å²) in [7, 11) is -6.78. The molecule has 328 valence electrons. The molecular formula is C38H67ClN6O10S2. The Hall–Kier alpha value is -2.26. The van der Waals surface area contributed by atoms with Gasteiger partial charge in [0.05, 0.1) is 76.1 Å². The number of amides is 1. The molecule has 0 spiro atoms. The van der Waals surface area contributed by atoms with Crippen LogP contribution in [-0.4, -0.2) is 133 Å². The van der Waals surface area contributed by atoms with Crippen LogP contribution in [0, 0.1) is 0 Å². The van der Waals surface area contributed by atoms with Crippen LogP contribution in [0.2, 0.25) is 0 Å². The predicted octanol–water partition coefficient (Wildman–Crippen LogP) is 3.54. The van der Waals surface area contributed by atoms with E-state index in [0.29, 0.717) is 96.9 Å². The van der Waals surface area contributed by atoms with Crippen molar-refractivity contribution in [3.05, 3.63) is 47.3 Å². The third-order valence-electron chi connectivity index (χ3n) is 8.81. The second kappa shape index (κ2) is 29.9. The predicted molar refractivity (Wildman–Crippen MR) is 221 cm³/mol. The topological polar surface area (TPSA) is 198 Å². The Labute approximate surface area is 345 Å². The van der Waals surface area contributed by atoms with E-state index in [1.54, 1.807) is 38.6 Å². The molecule has 0 aliphatic rings. The SMILES string of the molecule is CC(C)S(=O)(=O)NCCc1ccc(C(CCOCCOCc2cn(CCOCCC(=O)NCCOCCOCCCCCCCl)nn2)CNS(=O)(=O)C(C)C)cc1. The van der Waals surface area contributed by atoms with Gasteiger partial charge in [-0.15, -0.1) is 16.7 Å². The number of carbonyl (C=O) groups is 1. The number of nitrogens with one attached hydrogen (secondary N) is 3. The van der Waals surface area contributed by atoms with Crippen molar-refractivity contribution < 1.29 is 45.3 Å². The highest BCUT2D eigenvalue weighted by molar-refractivity contribution is 7.90. The number of hydrogen-bond donors (Lipinski definition) is 3. The molecule has 2 rings (SSSR count). The van der Waals surface area contributed by atoms with E-state index in [1.165, 1.54) is 0 Å². The van der Waals surface area contributed by atoms with Crippen LogP contribution in [0.5, 0.6) is 0 Å². The number of rotatable bonds is 36. The molecule has 0 fully saturated rings. The highest BCUT2D eigenvalue weighted by Gasteiger charge is 2.20. The van der Waals surface area contributed by atoms with Gasteiger partial charge in [-0.2, -0.15) is 0 Å². The van der Waals surface area contributed by atoms with Crippen LogP contribution in [0.15, 0.2) is 30.5 Å². The normalized spacial score (nSPS) is 12.8. The van der Waals surface area contributed by atoms with E-state index >= 15 is 0 Å². The van der Waals surface area contributed by atoms with Crippen LogP contribution in [0.4, 0.5) is 0 Å². The first-order chi connectivity index (χ1) is 27.3. The minimum absolute atomic E-state index is 0.0974. The van der Waals surface area contributed by atoms with E-state index in [9.17, 15) is 21.6 Å². The summed E-state index contributed by atoms with van der Waals surface area (Å²) < 4.78 is 84.1. The van der Waals surface area contributed by atoms with E-state index in [-0.39, 0.29) is 31.4 Å². The summed E-state index contributed by atoms with van der Waals surface area (Å²) in [6.07, 6.45) is 7.49. The zero-order valence-corrected chi connectivity index (χ0v) is 36.7. The molecule has 2 aromatic rings. The number of hydrogen-bond acceptors (Lipinski definition) is 12. The van der Waals surface area contributed by atoms with Gasteiger partial charge in [-0.25, -0.2) is 31.0 Å². The zero-order chi connectivity index (χ0) is 41.8. The van der Waals surface area contributed by atoms with Crippen LogP contribution in [-0.2, 0) is 68.1 Å². The Morgan fingerprint density at radius 2 is 1.37 bits per heavy atom. The number of ether oxygens (including phenoxy) is 5. The lowest BCUT2D eigenvalue weighted by Crippen LogP contribution is -2.34. The average Bonchev–Trinajstić information content (AvgIpc) is 3.63. The maximum Gasteiger partial charge on any atom is 0.222 e. The molecule has 1 amide bonds. The molecule has 0 bridgehead atoms. The third kappa shape index (κ3) is 23.8. The second-order valence-corrected chi connectivity index (χ2v) is 19.1. The van der Waals surface area contributed by atoms with Crippen LogP contribution < -0.4 is 14.8 Å². The lowest BCUT2D eigenvalue weighted by molar-refractivity contribution is -0.122. The van der Waals surface area contributed by atoms with Gasteiger partial charge in [0, 0.05) is 45.1 Å². The highest BCUT2D eigenvalue weighted by atomic mass is 35.5. The minimum atomic E-state index is -3.45. The summed E-state index contributed by atoms with van der Waals surface area (Å²) in [5.41, 5.74) is 2.60. The first-order valence-corrected chi connectivity index (χ1v) is 23.6. The number of benzene rings is 1. The van der Waals surface area contributed by atoms with Gasteiger partial charge in [0.1, 0.15) is 5.69 Å². The Morgan fingerprint density at radius 3 is 2.07 bits per heavy atom. The number of alkyl halides is 1. The average molecular weight is 868 g/mol. The second-order valence-electron chi connectivity index (χ2n) is 14.1. The molecule has 0 aliphatic heterocycles. The molecule has 1 aromatic heterocycles. The maximum atomic E-state index is 12.5. The Bertz CT molecular complexity index is 1560. The molecule has 1 atom stereocenters. The molecule has 0 aliphatic carbocycles. The molecule has 0 saturated carbocycles. The molecule has 19 heteroatoms. The first-order valence-electron chi connectivity index (χ1n) is 20.0. The molecule has 1 heterocycles. The molecule has 3 N–H and O–H groups in total. The van der Waals surface area contributed by atoms with E-state index < -0.39 is 30.5 Å². The van der Waals surface area contributed by atoms with Crippen molar-refractivity contribution in [2.75, 3.05) is 85.0 Å². The van der Waals surface area contributed by atoms with Gasteiger partial charge in [-0.05, 0) is 70.4 Å². The highest BCUT2D eigenvalue weighted by Crippen LogP contribution is 2.21. The Morgan fingerprint density at radius 1 is 0.737 bits per heavy atom. The number of unbranched alkanes of at least 4 members (excludes halogenated alkanes) is 3. The van der Waals surface area contributed by atoms with Crippen molar-refractivity contribution in [2.24, 2.45) is 0 Å². The standard InChI is InChI=1S/C38H67ClN6O10S2/c1-32(2)56(47,48)41-17-13-34-9-11-35(12-10-34)36(29-42-57(49,50)33(3)4)14-21-53-27-28-55-31-37-30-45(44-43-37)19-24-52-22-15-38(46)40-18-23-54-26-25-51-20-8-6-5-7-16-39/h9-12,30,32-33,36,41-42H,5-8,13-29,31H2,1-4H3,(H,40,46). The van der Waals surface area contributed by atoms with E-state index in [2.05, 4.69) is 25.1 Å². The Kier molecular flexibility index (Phi) is 26.7. The first kappa shape index (κ1) is 50.9.